The summed E-state index contributed by atoms with van der Waals surface area (Å²) in [5, 5.41) is 0. The summed E-state index contributed by atoms with van der Waals surface area (Å²) in [6, 6.07) is 0. The average Bonchev–Trinajstić information content (AvgIpc) is 1.97. The van der Waals surface area contributed by atoms with E-state index in [-0.39, 0.29) is 5.48 Å². The third-order valence-electron chi connectivity index (χ3n) is 1.62. The first-order chi connectivity index (χ1) is 4.81. The molecule has 0 saturated carbocycles. The summed E-state index contributed by atoms with van der Waals surface area (Å²) in [7, 11) is 0. The van der Waals surface area contributed by atoms with Crippen LogP contribution in [-0.2, 0) is 3.08 Å². The Morgan fingerprint density at radius 1 is 1.00 bits per heavy atom. The van der Waals surface area contributed by atoms with Crippen LogP contribution in [0.4, 0.5) is 0 Å². The van der Waals surface area contributed by atoms with Crippen molar-refractivity contribution in [2.45, 2.75) is 48.4 Å². The molecule has 3 heteroatoms. The molecule has 0 atom stereocenters. The second-order valence-electron chi connectivity index (χ2n) is 2.75. The standard InChI is InChI=1S/2C4H9.H2O.O.Sn/c2*1-3-4-2;;;/h2*1,3-4H2,2H3;1H2;;. The third kappa shape index (κ3) is 10.6. The summed E-state index contributed by atoms with van der Waals surface area (Å²) < 4.78 is 13.4. The predicted molar refractivity (Wildman–Crippen MR) is 49.5 cm³/mol. The minimum Gasteiger partial charge on any atom is -0.412 e. The summed E-state index contributed by atoms with van der Waals surface area (Å²) in [6.45, 7) is 4.33. The molecule has 0 aromatic rings. The minimum atomic E-state index is -1.99. The Balaban J connectivity index is 0. The predicted octanol–water partition coefficient (Wildman–Crippen LogP) is 2.18. The van der Waals surface area contributed by atoms with Crippen molar-refractivity contribution in [1.82, 2.24) is 0 Å². The Morgan fingerprint density at radius 2 is 1.36 bits per heavy atom. The van der Waals surface area contributed by atoms with E-state index < -0.39 is 19.7 Å². The molecule has 0 aliphatic rings. The first-order valence-electron chi connectivity index (χ1n) is 4.33. The van der Waals surface area contributed by atoms with Crippen LogP contribution in [-0.4, -0.2) is 25.2 Å². The summed E-state index contributed by atoms with van der Waals surface area (Å²) in [4.78, 5) is 0. The molecule has 0 heterocycles. The maximum Gasteiger partial charge on any atom is -0.412 e. The van der Waals surface area contributed by atoms with Crippen LogP contribution in [0.25, 0.3) is 0 Å². The van der Waals surface area contributed by atoms with Gasteiger partial charge < -0.3 is 5.48 Å². The molecule has 68 valence electrons. The molecule has 2 nitrogen and oxygen atoms in total. The first-order valence-corrected chi connectivity index (χ1v) is 9.53. The van der Waals surface area contributed by atoms with Crippen molar-refractivity contribution in [2.24, 2.45) is 0 Å². The smallest absolute Gasteiger partial charge is 0.412 e. The molecule has 0 amide bonds. The van der Waals surface area contributed by atoms with E-state index in [9.17, 15) is 3.08 Å². The van der Waals surface area contributed by atoms with E-state index in [1.807, 2.05) is 0 Å². The normalized spacial score (nSPS) is 8.91. The Hall–Kier alpha value is 0.559. The molecular formula is C8H20O2Sn. The van der Waals surface area contributed by atoms with Crippen molar-refractivity contribution in [3.05, 3.63) is 0 Å². The van der Waals surface area contributed by atoms with Crippen LogP contribution in [0.2, 0.25) is 8.87 Å². The van der Waals surface area contributed by atoms with E-state index in [0.29, 0.717) is 0 Å². The molecule has 0 unspecified atom stereocenters. The molecule has 0 saturated heterocycles. The van der Waals surface area contributed by atoms with Crippen molar-refractivity contribution in [3.8, 4) is 0 Å². The van der Waals surface area contributed by atoms with Crippen molar-refractivity contribution < 1.29 is 8.55 Å². The van der Waals surface area contributed by atoms with E-state index in [4.69, 9.17) is 0 Å². The van der Waals surface area contributed by atoms with Crippen LogP contribution in [0.15, 0.2) is 0 Å². The van der Waals surface area contributed by atoms with Crippen molar-refractivity contribution >= 4 is 19.7 Å². The van der Waals surface area contributed by atoms with Gasteiger partial charge in [0.2, 0.25) is 0 Å². The molecule has 0 aliphatic carbocycles. The van der Waals surface area contributed by atoms with Gasteiger partial charge in [0.1, 0.15) is 0 Å². The monoisotopic (exact) mass is 268 g/mol. The van der Waals surface area contributed by atoms with Gasteiger partial charge in [0.15, 0.2) is 0 Å². The second-order valence-corrected chi connectivity index (χ2v) is 8.67. The molecule has 2 N–H and O–H groups in total. The molecule has 11 heavy (non-hydrogen) atoms. The van der Waals surface area contributed by atoms with E-state index >= 15 is 0 Å². The third-order valence-corrected chi connectivity index (χ3v) is 6.82. The van der Waals surface area contributed by atoms with E-state index in [2.05, 4.69) is 13.8 Å². The van der Waals surface area contributed by atoms with Gasteiger partial charge in [-0.2, -0.15) is 0 Å². The second kappa shape index (κ2) is 10.6. The van der Waals surface area contributed by atoms with Crippen molar-refractivity contribution in [2.75, 3.05) is 0 Å². The van der Waals surface area contributed by atoms with E-state index in [0.717, 1.165) is 8.87 Å². The average molecular weight is 267 g/mol. The fourth-order valence-corrected chi connectivity index (χ4v) is 5.86. The molecule has 0 fully saturated rings. The summed E-state index contributed by atoms with van der Waals surface area (Å²) in [6.07, 6.45) is 4.81. The SMILES string of the molecule is CCC[CH2][Sn](=[O])[CH2]CCC.O. The van der Waals surface area contributed by atoms with Crippen LogP contribution in [0.5, 0.6) is 0 Å². The van der Waals surface area contributed by atoms with Gasteiger partial charge in [-0.3, -0.25) is 0 Å². The Labute approximate surface area is 76.8 Å². The Bertz CT molecular complexity index is 84.1. The Morgan fingerprint density at radius 3 is 1.64 bits per heavy atom. The zero-order chi connectivity index (χ0) is 7.82. The van der Waals surface area contributed by atoms with Crippen LogP contribution < -0.4 is 0 Å². The van der Waals surface area contributed by atoms with Gasteiger partial charge >= 0.3 is 71.2 Å². The van der Waals surface area contributed by atoms with Crippen LogP contribution in [0.3, 0.4) is 0 Å². The molecule has 0 aliphatic heterocycles. The van der Waals surface area contributed by atoms with Gasteiger partial charge in [-0.05, 0) is 0 Å². The molecule has 0 aromatic carbocycles. The summed E-state index contributed by atoms with van der Waals surface area (Å²) in [5.41, 5.74) is 0. The molecular weight excluding hydrogens is 247 g/mol. The number of unbranched alkanes of at least 4 members (excludes halogenated alkanes) is 2. The maximum atomic E-state index is 11.2. The van der Waals surface area contributed by atoms with Gasteiger partial charge in [0.25, 0.3) is 0 Å². The van der Waals surface area contributed by atoms with Gasteiger partial charge in [-0.15, -0.1) is 0 Å². The molecule has 0 aromatic heterocycles. The van der Waals surface area contributed by atoms with E-state index in [1.54, 1.807) is 0 Å². The fourth-order valence-electron chi connectivity index (χ4n) is 0.873. The molecule has 0 spiro atoms. The van der Waals surface area contributed by atoms with Gasteiger partial charge in [-0.1, -0.05) is 0 Å². The maximum absolute atomic E-state index is 11.2. The summed E-state index contributed by atoms with van der Waals surface area (Å²) in [5.74, 6) is 0. The minimum absolute atomic E-state index is 0. The van der Waals surface area contributed by atoms with Crippen LogP contribution >= 0.6 is 0 Å². The molecule has 0 radical (unpaired) electrons. The first kappa shape index (κ1) is 14.1. The van der Waals surface area contributed by atoms with Crippen molar-refractivity contribution in [1.29, 1.82) is 0 Å². The largest absolute Gasteiger partial charge is 0.412 e. The fraction of sp³-hybridized carbons (Fsp3) is 1.00. The van der Waals surface area contributed by atoms with Crippen LogP contribution in [0.1, 0.15) is 39.5 Å². The van der Waals surface area contributed by atoms with Crippen molar-refractivity contribution in [3.63, 3.8) is 0 Å². The molecule has 0 rings (SSSR count). The van der Waals surface area contributed by atoms with Gasteiger partial charge in [0, 0.05) is 0 Å². The van der Waals surface area contributed by atoms with Crippen LogP contribution in [0, 0.1) is 0 Å². The summed E-state index contributed by atoms with van der Waals surface area (Å²) >= 11 is -1.99. The quantitative estimate of drug-likeness (QED) is 0.680. The zero-order valence-corrected chi connectivity index (χ0v) is 10.5. The van der Waals surface area contributed by atoms with E-state index in [1.165, 1.54) is 25.7 Å². The van der Waals surface area contributed by atoms with Gasteiger partial charge in [-0.25, -0.2) is 0 Å². The number of rotatable bonds is 6. The number of hydrogen-bond acceptors (Lipinski definition) is 1. The Kier molecular flexibility index (Phi) is 13.5. The number of hydrogen-bond donors (Lipinski definition) is 0. The topological polar surface area (TPSA) is 48.6 Å². The zero-order valence-electron chi connectivity index (χ0n) is 7.65. The molecule has 0 bridgehead atoms. The van der Waals surface area contributed by atoms with Gasteiger partial charge in [0.05, 0.1) is 0 Å².